The molecule has 1 aromatic heterocycles. The first-order valence-electron chi connectivity index (χ1n) is 5.23. The molecule has 3 N–H and O–H groups in total. The van der Waals surface area contributed by atoms with Crippen LogP contribution in [0.5, 0.6) is 0 Å². The molecule has 0 fully saturated rings. The van der Waals surface area contributed by atoms with Gasteiger partial charge in [0.25, 0.3) is 0 Å². The van der Waals surface area contributed by atoms with Crippen LogP contribution >= 0.6 is 22.9 Å². The van der Waals surface area contributed by atoms with Crippen LogP contribution in [0.4, 0.5) is 11.4 Å². The highest BCUT2D eigenvalue weighted by Crippen LogP contribution is 2.34. The van der Waals surface area contributed by atoms with Crippen LogP contribution in [0, 0.1) is 0 Å². The molecule has 0 aliphatic heterocycles. The Balaban J connectivity index is 2.32. The van der Waals surface area contributed by atoms with Crippen molar-refractivity contribution >= 4 is 34.3 Å². The SMILES string of the molecule is CC(C)(Nc1c(N)cccc1Cl)c1nccs1. The van der Waals surface area contributed by atoms with E-state index in [1.54, 1.807) is 17.5 Å². The van der Waals surface area contributed by atoms with E-state index in [2.05, 4.69) is 24.1 Å². The van der Waals surface area contributed by atoms with Crippen LogP contribution in [-0.2, 0) is 5.54 Å². The van der Waals surface area contributed by atoms with Crippen LogP contribution in [0.2, 0.25) is 5.02 Å². The maximum absolute atomic E-state index is 6.14. The van der Waals surface area contributed by atoms with E-state index in [0.29, 0.717) is 10.7 Å². The Labute approximate surface area is 110 Å². The van der Waals surface area contributed by atoms with Gasteiger partial charge in [-0.05, 0) is 26.0 Å². The third-order valence-electron chi connectivity index (χ3n) is 2.45. The molecule has 2 rings (SSSR count). The Hall–Kier alpha value is -1.26. The minimum atomic E-state index is -0.298. The van der Waals surface area contributed by atoms with Gasteiger partial charge in [0, 0.05) is 11.6 Å². The lowest BCUT2D eigenvalue weighted by molar-refractivity contribution is 0.605. The lowest BCUT2D eigenvalue weighted by atomic mass is 10.1. The van der Waals surface area contributed by atoms with E-state index in [-0.39, 0.29) is 5.54 Å². The number of benzene rings is 1. The van der Waals surface area contributed by atoms with Gasteiger partial charge in [-0.1, -0.05) is 17.7 Å². The molecule has 17 heavy (non-hydrogen) atoms. The molecule has 1 aromatic carbocycles. The number of nitrogens with zero attached hydrogens (tertiary/aromatic N) is 1. The fourth-order valence-corrected chi connectivity index (χ4v) is 2.52. The Morgan fingerprint density at radius 2 is 2.18 bits per heavy atom. The Morgan fingerprint density at radius 3 is 2.76 bits per heavy atom. The summed E-state index contributed by atoms with van der Waals surface area (Å²) >= 11 is 7.74. The van der Waals surface area contributed by atoms with Gasteiger partial charge in [-0.3, -0.25) is 0 Å². The van der Waals surface area contributed by atoms with Gasteiger partial charge >= 0.3 is 0 Å². The number of nitrogens with one attached hydrogen (secondary N) is 1. The first-order chi connectivity index (χ1) is 8.00. The van der Waals surface area contributed by atoms with Crippen molar-refractivity contribution in [3.63, 3.8) is 0 Å². The number of halogens is 1. The highest BCUT2D eigenvalue weighted by Gasteiger charge is 2.24. The van der Waals surface area contributed by atoms with Gasteiger partial charge in [-0.2, -0.15) is 0 Å². The summed E-state index contributed by atoms with van der Waals surface area (Å²) in [7, 11) is 0. The van der Waals surface area contributed by atoms with Gasteiger partial charge < -0.3 is 11.1 Å². The molecule has 0 unspecified atom stereocenters. The quantitative estimate of drug-likeness (QED) is 0.833. The smallest absolute Gasteiger partial charge is 0.117 e. The number of nitrogen functional groups attached to an aromatic ring is 1. The molecule has 0 amide bonds. The molecule has 2 aromatic rings. The number of rotatable bonds is 3. The van der Waals surface area contributed by atoms with Gasteiger partial charge in [0.2, 0.25) is 0 Å². The summed E-state index contributed by atoms with van der Waals surface area (Å²) < 4.78 is 0. The normalized spacial score (nSPS) is 11.5. The second-order valence-corrected chi connectivity index (χ2v) is 5.59. The van der Waals surface area contributed by atoms with Crippen LogP contribution in [-0.4, -0.2) is 4.98 Å². The summed E-state index contributed by atoms with van der Waals surface area (Å²) in [4.78, 5) is 4.32. The van der Waals surface area contributed by atoms with Crippen LogP contribution in [0.15, 0.2) is 29.8 Å². The van der Waals surface area contributed by atoms with E-state index in [9.17, 15) is 0 Å². The number of hydrogen-bond donors (Lipinski definition) is 2. The van der Waals surface area contributed by atoms with E-state index >= 15 is 0 Å². The zero-order chi connectivity index (χ0) is 12.5. The maximum atomic E-state index is 6.14. The predicted molar refractivity (Wildman–Crippen MR) is 74.6 cm³/mol. The van der Waals surface area contributed by atoms with Crippen molar-refractivity contribution in [3.8, 4) is 0 Å². The van der Waals surface area contributed by atoms with E-state index < -0.39 is 0 Å². The monoisotopic (exact) mass is 267 g/mol. The molecule has 0 radical (unpaired) electrons. The van der Waals surface area contributed by atoms with Crippen molar-refractivity contribution in [2.75, 3.05) is 11.1 Å². The number of aromatic nitrogens is 1. The molecule has 0 atom stereocenters. The number of nitrogens with two attached hydrogens (primary N) is 1. The summed E-state index contributed by atoms with van der Waals surface area (Å²) in [6.07, 6.45) is 1.79. The van der Waals surface area contributed by atoms with Crippen LogP contribution < -0.4 is 11.1 Å². The highest BCUT2D eigenvalue weighted by atomic mass is 35.5. The Kier molecular flexibility index (Phi) is 3.26. The number of thiazole rings is 1. The lowest BCUT2D eigenvalue weighted by Crippen LogP contribution is -2.28. The van der Waals surface area contributed by atoms with Gasteiger partial charge in [-0.15, -0.1) is 11.3 Å². The van der Waals surface area contributed by atoms with Crippen molar-refractivity contribution in [2.24, 2.45) is 0 Å². The fourth-order valence-electron chi connectivity index (χ4n) is 1.57. The maximum Gasteiger partial charge on any atom is 0.117 e. The predicted octanol–water partition coefficient (Wildman–Crippen LogP) is 3.73. The van der Waals surface area contributed by atoms with Gasteiger partial charge in [0.1, 0.15) is 5.01 Å². The first kappa shape index (κ1) is 12.2. The molecule has 3 nitrogen and oxygen atoms in total. The van der Waals surface area contributed by atoms with E-state index in [0.717, 1.165) is 10.7 Å². The van der Waals surface area contributed by atoms with Crippen molar-refractivity contribution in [1.82, 2.24) is 4.98 Å². The summed E-state index contributed by atoms with van der Waals surface area (Å²) in [6, 6.07) is 5.48. The molecule has 0 spiro atoms. The van der Waals surface area contributed by atoms with Gasteiger partial charge in [0.15, 0.2) is 0 Å². The molecule has 0 aliphatic rings. The topological polar surface area (TPSA) is 50.9 Å². The third kappa shape index (κ3) is 2.53. The zero-order valence-electron chi connectivity index (χ0n) is 9.70. The average molecular weight is 268 g/mol. The van der Waals surface area contributed by atoms with Crippen LogP contribution in [0.1, 0.15) is 18.9 Å². The zero-order valence-corrected chi connectivity index (χ0v) is 11.3. The van der Waals surface area contributed by atoms with Gasteiger partial charge in [0.05, 0.1) is 21.9 Å². The number of anilines is 2. The standard InChI is InChI=1S/C12H14ClN3S/c1-12(2,11-15-6-7-17-11)16-10-8(13)4-3-5-9(10)14/h3-7,16H,14H2,1-2H3. The second kappa shape index (κ2) is 4.55. The second-order valence-electron chi connectivity index (χ2n) is 4.29. The molecule has 0 saturated heterocycles. The molecule has 0 saturated carbocycles. The molecule has 90 valence electrons. The Bertz CT molecular complexity index is 488. The van der Waals surface area contributed by atoms with E-state index in [1.165, 1.54) is 0 Å². The molecular weight excluding hydrogens is 254 g/mol. The fraction of sp³-hybridized carbons (Fsp3) is 0.250. The Morgan fingerprint density at radius 1 is 1.41 bits per heavy atom. The summed E-state index contributed by atoms with van der Waals surface area (Å²) in [5.41, 5.74) is 7.02. The molecule has 1 heterocycles. The van der Waals surface area contributed by atoms with Crippen molar-refractivity contribution in [3.05, 3.63) is 39.8 Å². The summed E-state index contributed by atoms with van der Waals surface area (Å²) in [6.45, 7) is 4.10. The molecule has 5 heteroatoms. The van der Waals surface area contributed by atoms with E-state index in [4.69, 9.17) is 17.3 Å². The van der Waals surface area contributed by atoms with E-state index in [1.807, 2.05) is 23.6 Å². The molecular formula is C12H14ClN3S. The molecule has 0 bridgehead atoms. The summed E-state index contributed by atoms with van der Waals surface area (Å²) in [5, 5.41) is 6.92. The van der Waals surface area contributed by atoms with Crippen molar-refractivity contribution < 1.29 is 0 Å². The van der Waals surface area contributed by atoms with Crippen molar-refractivity contribution in [1.29, 1.82) is 0 Å². The summed E-state index contributed by atoms with van der Waals surface area (Å²) in [5.74, 6) is 0. The minimum Gasteiger partial charge on any atom is -0.397 e. The highest BCUT2D eigenvalue weighted by molar-refractivity contribution is 7.09. The minimum absolute atomic E-state index is 0.298. The van der Waals surface area contributed by atoms with Gasteiger partial charge in [-0.25, -0.2) is 4.98 Å². The lowest BCUT2D eigenvalue weighted by Gasteiger charge is -2.26. The first-order valence-corrected chi connectivity index (χ1v) is 6.48. The number of hydrogen-bond acceptors (Lipinski definition) is 4. The number of para-hydroxylation sites is 1. The molecule has 0 aliphatic carbocycles. The van der Waals surface area contributed by atoms with Crippen LogP contribution in [0.25, 0.3) is 0 Å². The van der Waals surface area contributed by atoms with Crippen LogP contribution in [0.3, 0.4) is 0 Å². The average Bonchev–Trinajstić information content (AvgIpc) is 2.77. The van der Waals surface area contributed by atoms with Crippen molar-refractivity contribution in [2.45, 2.75) is 19.4 Å². The largest absolute Gasteiger partial charge is 0.397 e. The third-order valence-corrected chi connectivity index (χ3v) is 3.86.